The minimum atomic E-state index is -0.656. The molecule has 0 aliphatic heterocycles. The molecule has 7 nitrogen and oxygen atoms in total. The number of hydrogen-bond acceptors (Lipinski definition) is 7. The van der Waals surface area contributed by atoms with Crippen LogP contribution < -0.4 is 29.0 Å². The molecule has 1 unspecified atom stereocenters. The number of methoxy groups -OCH3 is 4. The maximum absolute atomic E-state index is 10.3. The fourth-order valence-electron chi connectivity index (χ4n) is 4.20. The van der Waals surface area contributed by atoms with Gasteiger partial charge in [-0.05, 0) is 61.6 Å². The van der Waals surface area contributed by atoms with Gasteiger partial charge in [0.15, 0.2) is 23.0 Å². The molecular weight excluding hydrogens is 432 g/mol. The zero-order valence-corrected chi connectivity index (χ0v) is 21.3. The average Bonchev–Trinajstić information content (AvgIpc) is 2.86. The fourth-order valence-corrected chi connectivity index (χ4v) is 4.20. The molecule has 7 heteroatoms. The number of benzene rings is 2. The van der Waals surface area contributed by atoms with E-state index in [-0.39, 0.29) is 0 Å². The summed E-state index contributed by atoms with van der Waals surface area (Å²) in [7, 11) is 6.39. The van der Waals surface area contributed by atoms with Crippen molar-refractivity contribution in [1.29, 1.82) is 5.26 Å². The highest BCUT2D eigenvalue weighted by Gasteiger charge is 2.34. The monoisotopic (exact) mass is 470 g/mol. The molecule has 2 aromatic rings. The van der Waals surface area contributed by atoms with Crippen molar-refractivity contribution >= 4 is 0 Å². The highest BCUT2D eigenvalue weighted by Crippen LogP contribution is 2.44. The van der Waals surface area contributed by atoms with E-state index in [4.69, 9.17) is 23.7 Å². The molecule has 1 N–H and O–H groups in total. The van der Waals surface area contributed by atoms with Gasteiger partial charge in [-0.15, -0.1) is 0 Å². The molecule has 0 heterocycles. The molecule has 1 atom stereocenters. The largest absolute Gasteiger partial charge is 0.493 e. The van der Waals surface area contributed by atoms with E-state index >= 15 is 0 Å². The second-order valence-electron chi connectivity index (χ2n) is 8.56. The number of hydrogen-bond donors (Lipinski definition) is 1. The number of ether oxygens (including phenoxy) is 5. The molecule has 0 aliphatic carbocycles. The maximum atomic E-state index is 10.3. The Bertz CT molecular complexity index is 916. The lowest BCUT2D eigenvalue weighted by atomic mass is 9.72. The van der Waals surface area contributed by atoms with Crippen LogP contribution in [0.5, 0.6) is 28.7 Å². The molecular formula is C27H38N2O5. The molecule has 2 rings (SSSR count). The summed E-state index contributed by atoms with van der Waals surface area (Å²) in [6, 6.07) is 14.0. The SMILES string of the molecule is COc1ccccc1OCCNCCCC(C#N)(CC(C)C)c1cc(OC)c(OC)c(OC)c1. The summed E-state index contributed by atoms with van der Waals surface area (Å²) in [6.07, 6.45) is 2.28. The van der Waals surface area contributed by atoms with Crippen LogP contribution in [0.25, 0.3) is 0 Å². The van der Waals surface area contributed by atoms with Crippen LogP contribution in [0.2, 0.25) is 0 Å². The summed E-state index contributed by atoms with van der Waals surface area (Å²) in [6.45, 7) is 6.28. The van der Waals surface area contributed by atoms with E-state index in [0.717, 1.165) is 36.4 Å². The van der Waals surface area contributed by atoms with E-state index in [0.29, 0.717) is 42.7 Å². The Hall–Kier alpha value is -3.11. The van der Waals surface area contributed by atoms with Crippen LogP contribution in [0.1, 0.15) is 38.7 Å². The molecule has 0 aromatic heterocycles. The smallest absolute Gasteiger partial charge is 0.203 e. The van der Waals surface area contributed by atoms with Gasteiger partial charge in [-0.1, -0.05) is 26.0 Å². The third kappa shape index (κ3) is 6.94. The van der Waals surface area contributed by atoms with Gasteiger partial charge in [-0.25, -0.2) is 0 Å². The minimum absolute atomic E-state index is 0.348. The third-order valence-electron chi connectivity index (χ3n) is 5.75. The van der Waals surface area contributed by atoms with Crippen molar-refractivity contribution in [3.63, 3.8) is 0 Å². The molecule has 0 aliphatic rings. The average molecular weight is 471 g/mol. The van der Waals surface area contributed by atoms with Crippen LogP contribution in [0, 0.1) is 17.2 Å². The Kier molecular flexibility index (Phi) is 10.8. The topological polar surface area (TPSA) is 82.0 Å². The number of nitrogens with one attached hydrogen (secondary N) is 1. The second-order valence-corrected chi connectivity index (χ2v) is 8.56. The van der Waals surface area contributed by atoms with Crippen molar-refractivity contribution in [2.45, 2.75) is 38.5 Å². The van der Waals surface area contributed by atoms with Crippen molar-refractivity contribution in [1.82, 2.24) is 5.32 Å². The van der Waals surface area contributed by atoms with E-state index in [9.17, 15) is 5.26 Å². The summed E-state index contributed by atoms with van der Waals surface area (Å²) < 4.78 is 27.7. The van der Waals surface area contributed by atoms with Gasteiger partial charge in [0.2, 0.25) is 5.75 Å². The molecule has 0 saturated carbocycles. The first-order valence-electron chi connectivity index (χ1n) is 11.6. The van der Waals surface area contributed by atoms with Gasteiger partial charge in [0, 0.05) is 6.54 Å². The number of nitrogens with zero attached hydrogens (tertiary/aromatic N) is 1. The maximum Gasteiger partial charge on any atom is 0.203 e. The third-order valence-corrected chi connectivity index (χ3v) is 5.75. The molecule has 2 aromatic carbocycles. The molecule has 0 saturated heterocycles. The Labute approximate surface area is 203 Å². The fraction of sp³-hybridized carbons (Fsp3) is 0.519. The minimum Gasteiger partial charge on any atom is -0.493 e. The summed E-state index contributed by atoms with van der Waals surface area (Å²) in [4.78, 5) is 0. The Morgan fingerprint density at radius 1 is 0.882 bits per heavy atom. The Balaban J connectivity index is 2.03. The summed E-state index contributed by atoms with van der Waals surface area (Å²) >= 11 is 0. The van der Waals surface area contributed by atoms with E-state index in [1.165, 1.54) is 0 Å². The van der Waals surface area contributed by atoms with Gasteiger partial charge in [0.1, 0.15) is 6.61 Å². The zero-order chi connectivity index (χ0) is 25.0. The molecule has 34 heavy (non-hydrogen) atoms. The highest BCUT2D eigenvalue weighted by molar-refractivity contribution is 5.56. The first kappa shape index (κ1) is 27.1. The van der Waals surface area contributed by atoms with Crippen molar-refractivity contribution < 1.29 is 23.7 Å². The number of para-hydroxylation sites is 2. The van der Waals surface area contributed by atoms with E-state index < -0.39 is 5.41 Å². The molecule has 0 spiro atoms. The first-order chi connectivity index (χ1) is 16.4. The van der Waals surface area contributed by atoms with Gasteiger partial charge in [0.25, 0.3) is 0 Å². The summed E-state index contributed by atoms with van der Waals surface area (Å²) in [5, 5.41) is 13.7. The van der Waals surface area contributed by atoms with Gasteiger partial charge in [-0.2, -0.15) is 5.26 Å². The van der Waals surface area contributed by atoms with E-state index in [1.807, 2.05) is 36.4 Å². The molecule has 0 amide bonds. The van der Waals surface area contributed by atoms with Gasteiger partial charge < -0.3 is 29.0 Å². The molecule has 0 bridgehead atoms. The summed E-state index contributed by atoms with van der Waals surface area (Å²) in [5.74, 6) is 3.46. The lowest BCUT2D eigenvalue weighted by Gasteiger charge is -2.30. The van der Waals surface area contributed by atoms with E-state index in [2.05, 4.69) is 25.2 Å². The first-order valence-corrected chi connectivity index (χ1v) is 11.6. The number of rotatable bonds is 15. The lowest BCUT2D eigenvalue weighted by molar-refractivity contribution is 0.290. The van der Waals surface area contributed by atoms with Crippen molar-refractivity contribution in [3.05, 3.63) is 42.0 Å². The van der Waals surface area contributed by atoms with Crippen LogP contribution >= 0.6 is 0 Å². The zero-order valence-electron chi connectivity index (χ0n) is 21.3. The summed E-state index contributed by atoms with van der Waals surface area (Å²) in [5.41, 5.74) is 0.231. The normalized spacial score (nSPS) is 12.5. The van der Waals surface area contributed by atoms with Crippen LogP contribution in [0.3, 0.4) is 0 Å². The Morgan fingerprint density at radius 2 is 1.50 bits per heavy atom. The predicted molar refractivity (Wildman–Crippen MR) is 133 cm³/mol. The highest BCUT2D eigenvalue weighted by atomic mass is 16.5. The van der Waals surface area contributed by atoms with Gasteiger partial charge in [-0.3, -0.25) is 0 Å². The molecule has 186 valence electrons. The van der Waals surface area contributed by atoms with Crippen LogP contribution in [0.4, 0.5) is 0 Å². The lowest BCUT2D eigenvalue weighted by Crippen LogP contribution is -2.29. The standard InChI is InChI=1S/C27H38N2O5/c1-20(2)18-27(19-28,21-16-24(31-4)26(33-6)25(17-21)32-5)12-9-13-29-14-15-34-23-11-8-7-10-22(23)30-3/h7-8,10-11,16-17,20,29H,9,12-15,18H2,1-6H3. The quantitative estimate of drug-likeness (QED) is 0.368. The van der Waals surface area contributed by atoms with E-state index in [1.54, 1.807) is 28.4 Å². The van der Waals surface area contributed by atoms with Gasteiger partial charge >= 0.3 is 0 Å². The van der Waals surface area contributed by atoms with Crippen LogP contribution in [0.15, 0.2) is 36.4 Å². The molecule has 0 fully saturated rings. The Morgan fingerprint density at radius 3 is 2.03 bits per heavy atom. The molecule has 0 radical (unpaired) electrons. The van der Waals surface area contributed by atoms with Crippen LogP contribution in [-0.4, -0.2) is 48.1 Å². The van der Waals surface area contributed by atoms with Crippen molar-refractivity contribution in [2.75, 3.05) is 48.1 Å². The van der Waals surface area contributed by atoms with Crippen molar-refractivity contribution in [3.8, 4) is 34.8 Å². The van der Waals surface area contributed by atoms with Crippen LogP contribution in [-0.2, 0) is 5.41 Å². The predicted octanol–water partition coefficient (Wildman–Crippen LogP) is 4.98. The second kappa shape index (κ2) is 13.6. The number of nitriles is 1. The van der Waals surface area contributed by atoms with Crippen molar-refractivity contribution in [2.24, 2.45) is 5.92 Å². The van der Waals surface area contributed by atoms with Gasteiger partial charge in [0.05, 0.1) is 39.9 Å².